The molecule has 5 heterocycles. The number of aromatic hydroxyl groups is 1. The standard InChI is InChI=1S/C71H79N3O9S.Na/c1-44-17-18-51-36-60-26-28-62(51)64(44)39-66(84(79,80)81)65-38-56-34-55(37-61-32-47(42-75)14-8-15-50-35-59(77)25-27-63(50)68(56)82-61)67(65)48-21-23-57(24-22-48)71(83-60,74-69(72)73)41-58(31-46-12-6-3-7-13-46)70(78)29-9-16-52(40-70)49-19-20-53(43-76)54(33-49)30-45-10-4-2-5-11-45;/h2-7,10-13,19-28,33,35-36,38,44,47,52,55,58,61,64-68,75-78H,9,14,16-18,29-32,34,37,39-43H2,1H3,(H4,72,73,74)(H,79,80,81);/q;+1/p-1/t44-,47+,52+,55-,58+,61-,64+,65-,66-,67+,68-,70-,71+;/m1./s1. The van der Waals surface area contributed by atoms with Gasteiger partial charge in [0.25, 0.3) is 0 Å². The number of phenolic OH excluding ortho intramolecular Hbond substituents is 1. The van der Waals surface area contributed by atoms with Crippen molar-refractivity contribution in [2.75, 3.05) is 6.61 Å². The number of aryl methyl sites for hydroxylation is 1. The number of hydrogen-bond acceptors (Lipinski definition) is 10. The van der Waals surface area contributed by atoms with E-state index in [1.807, 2.05) is 97.1 Å². The zero-order valence-corrected chi connectivity index (χ0v) is 51.7. The summed E-state index contributed by atoms with van der Waals surface area (Å²) < 4.78 is 57.8. The number of benzene rings is 6. The Balaban J connectivity index is 0.00000752. The SMILES string of the molecule is C[C@@H]1CCc2cc3ccc2[C@H]1C[C@@H](S(=O)(=O)[O-])[C@H]1C=C2C[C@H](C[C@H]4C[C@@H](CO)CC#Cc5cc(O)ccc5[C@@H]2O4)[C@@H]1c1ccc(cc1)[C@@](C[C@H](Cc1ccccc1)[C@@]1(O)CCC[C@H](c2ccc(CO)c(Cc4ccccc4)c2)C1)(N=C(N)N)O3.[Na+]. The van der Waals surface area contributed by atoms with Crippen LogP contribution in [-0.4, -0.2) is 62.9 Å². The second-order valence-corrected chi connectivity index (χ2v) is 27.0. The van der Waals surface area contributed by atoms with Crippen LogP contribution in [0.5, 0.6) is 11.5 Å². The fourth-order valence-corrected chi connectivity index (χ4v) is 16.9. The molecule has 14 heteroatoms. The molecule has 14 rings (SSSR count). The molecular formula is C71H78N3NaO9S. The van der Waals surface area contributed by atoms with Gasteiger partial charge in [0.1, 0.15) is 17.6 Å². The molecule has 8 N–H and O–H groups in total. The van der Waals surface area contributed by atoms with Gasteiger partial charge >= 0.3 is 29.6 Å². The van der Waals surface area contributed by atoms with Gasteiger partial charge in [0, 0.05) is 36.1 Å². The van der Waals surface area contributed by atoms with Crippen LogP contribution in [0.4, 0.5) is 0 Å². The molecule has 6 aromatic carbocycles. The number of aliphatic hydroxyl groups is 3. The summed E-state index contributed by atoms with van der Waals surface area (Å²) in [6.45, 7) is 1.99. The van der Waals surface area contributed by atoms with E-state index < -0.39 is 50.6 Å². The summed E-state index contributed by atoms with van der Waals surface area (Å²) in [7, 11) is -4.96. The van der Waals surface area contributed by atoms with Crippen molar-refractivity contribution in [2.45, 2.75) is 150 Å². The normalized spacial score (nSPS) is 29.0. The molecule has 438 valence electrons. The van der Waals surface area contributed by atoms with Crippen molar-refractivity contribution in [3.63, 3.8) is 0 Å². The molecule has 0 spiro atoms. The third kappa shape index (κ3) is 13.0. The van der Waals surface area contributed by atoms with Crippen molar-refractivity contribution in [3.8, 4) is 23.3 Å². The minimum absolute atomic E-state index is 0. The largest absolute Gasteiger partial charge is 1.00 e. The molecule has 2 fully saturated rings. The Kier molecular flexibility index (Phi) is 18.3. The van der Waals surface area contributed by atoms with Crippen LogP contribution >= 0.6 is 0 Å². The molecule has 85 heavy (non-hydrogen) atoms. The molecule has 1 saturated heterocycles. The summed E-state index contributed by atoms with van der Waals surface area (Å²) >= 11 is 0. The Morgan fingerprint density at radius 2 is 1.59 bits per heavy atom. The summed E-state index contributed by atoms with van der Waals surface area (Å²) in [6, 6.07) is 46.0. The van der Waals surface area contributed by atoms with Crippen molar-refractivity contribution in [1.29, 1.82) is 0 Å². The van der Waals surface area contributed by atoms with Gasteiger partial charge in [0.05, 0.1) is 33.7 Å². The number of ether oxygens (including phenoxy) is 2. The number of nitrogens with two attached hydrogens (primary N) is 2. The molecule has 1 saturated carbocycles. The van der Waals surface area contributed by atoms with E-state index in [0.717, 1.165) is 74.9 Å². The first-order chi connectivity index (χ1) is 40.5. The molecular weight excluding hydrogens is 1090 g/mol. The van der Waals surface area contributed by atoms with Gasteiger partial charge in [-0.3, -0.25) is 0 Å². The molecule has 13 atom stereocenters. The Bertz CT molecular complexity index is 3600. The first-order valence-electron chi connectivity index (χ1n) is 30.3. The number of guanidine groups is 1. The molecule has 0 radical (unpaired) electrons. The third-order valence-electron chi connectivity index (χ3n) is 20.0. The fourth-order valence-electron chi connectivity index (χ4n) is 15.9. The average Bonchev–Trinajstić information content (AvgIpc) is 3.92. The van der Waals surface area contributed by atoms with E-state index in [1.54, 1.807) is 12.1 Å². The number of rotatable bonds is 12. The van der Waals surface area contributed by atoms with Gasteiger partial charge in [-0.25, -0.2) is 13.4 Å². The van der Waals surface area contributed by atoms with Gasteiger partial charge in [-0.2, -0.15) is 0 Å². The number of phenols is 1. The summed E-state index contributed by atoms with van der Waals surface area (Å²) in [5, 5.41) is 44.3. The van der Waals surface area contributed by atoms with Gasteiger partial charge in [0.15, 0.2) is 5.96 Å². The van der Waals surface area contributed by atoms with Gasteiger partial charge in [-0.05, 0) is 199 Å². The third-order valence-corrected chi connectivity index (χ3v) is 21.3. The van der Waals surface area contributed by atoms with Crippen LogP contribution in [0.2, 0.25) is 0 Å². The summed E-state index contributed by atoms with van der Waals surface area (Å²) in [5.41, 5.74) is 21.4. The van der Waals surface area contributed by atoms with Crippen molar-refractivity contribution in [2.24, 2.45) is 46.0 Å². The van der Waals surface area contributed by atoms with E-state index in [2.05, 4.69) is 55.2 Å². The van der Waals surface area contributed by atoms with Crippen LogP contribution in [-0.2, 0) is 46.4 Å². The Morgan fingerprint density at radius 3 is 2.32 bits per heavy atom. The average molecular weight is 1170 g/mol. The minimum atomic E-state index is -4.96. The molecule has 5 aliphatic heterocycles. The van der Waals surface area contributed by atoms with Crippen molar-refractivity contribution in [3.05, 3.63) is 212 Å². The van der Waals surface area contributed by atoms with Gasteiger partial charge in [-0.15, -0.1) is 0 Å². The molecule has 0 aromatic heterocycles. The van der Waals surface area contributed by atoms with E-state index >= 15 is 0 Å². The second-order valence-electron chi connectivity index (χ2n) is 25.4. The van der Waals surface area contributed by atoms with Crippen LogP contribution < -0.4 is 45.8 Å². The van der Waals surface area contributed by atoms with Crippen LogP contribution in [0, 0.1) is 41.4 Å². The fraction of sp³-hybridized carbons (Fsp3) is 0.423. The maximum atomic E-state index is 14.4. The van der Waals surface area contributed by atoms with Crippen molar-refractivity contribution < 1.29 is 72.4 Å². The van der Waals surface area contributed by atoms with Gasteiger partial charge in [-0.1, -0.05) is 140 Å². The van der Waals surface area contributed by atoms with Crippen LogP contribution in [0.25, 0.3) is 0 Å². The zero-order chi connectivity index (χ0) is 58.3. The summed E-state index contributed by atoms with van der Waals surface area (Å²) in [6.07, 6.45) is 8.68. The van der Waals surface area contributed by atoms with E-state index in [9.17, 15) is 33.4 Å². The molecule has 12 nitrogen and oxygen atoms in total. The Labute approximate surface area is 523 Å². The quantitative estimate of drug-likeness (QED) is 0.0171. The molecule has 0 unspecified atom stereocenters. The van der Waals surface area contributed by atoms with Crippen molar-refractivity contribution in [1.82, 2.24) is 0 Å². The molecule has 6 aromatic rings. The summed E-state index contributed by atoms with van der Waals surface area (Å²) in [5.74, 6) is 4.67. The predicted octanol–water partition coefficient (Wildman–Crippen LogP) is 8.24. The number of aliphatic imine (C=N–C) groups is 1. The predicted molar refractivity (Wildman–Crippen MR) is 325 cm³/mol. The zero-order valence-electron chi connectivity index (χ0n) is 48.9. The topological polar surface area (TPSA) is 221 Å². The van der Waals surface area contributed by atoms with Gasteiger partial charge < -0.3 is 45.9 Å². The van der Waals surface area contributed by atoms with Gasteiger partial charge in [0.2, 0.25) is 5.72 Å². The first kappa shape index (κ1) is 60.9. The first-order valence-corrected chi connectivity index (χ1v) is 31.8. The van der Waals surface area contributed by atoms with Crippen LogP contribution in [0.15, 0.2) is 156 Å². The molecule has 8 aliphatic rings. The number of aliphatic hydroxyl groups excluding tert-OH is 2. The number of nitrogens with zero attached hydrogens (tertiary/aromatic N) is 1. The number of allylic oxidation sites excluding steroid dienone is 1. The van der Waals surface area contributed by atoms with E-state index in [1.165, 1.54) is 0 Å². The smallest absolute Gasteiger partial charge is 0.748 e. The maximum Gasteiger partial charge on any atom is 1.00 e. The maximum absolute atomic E-state index is 14.4. The van der Waals surface area contributed by atoms with Crippen LogP contribution in [0.3, 0.4) is 0 Å². The minimum Gasteiger partial charge on any atom is -0.748 e. The summed E-state index contributed by atoms with van der Waals surface area (Å²) in [4.78, 5) is 5.18. The van der Waals surface area contributed by atoms with E-state index in [-0.39, 0.29) is 103 Å². The van der Waals surface area contributed by atoms with E-state index in [4.69, 9.17) is 25.9 Å². The van der Waals surface area contributed by atoms with Crippen molar-refractivity contribution >= 4 is 16.1 Å². The molecule has 3 aliphatic carbocycles. The Hall–Kier alpha value is -5.76. The molecule has 10 bridgehead atoms. The Morgan fingerprint density at radius 1 is 0.847 bits per heavy atom. The monoisotopic (exact) mass is 1170 g/mol. The van der Waals surface area contributed by atoms with E-state index in [0.29, 0.717) is 74.7 Å². The second kappa shape index (κ2) is 25.5. The number of hydrogen-bond donors (Lipinski definition) is 6. The number of fused-ring (bicyclic) bond motifs is 9. The molecule has 0 amide bonds. The van der Waals surface area contributed by atoms with Crippen LogP contribution in [0.1, 0.15) is 163 Å².